The van der Waals surface area contributed by atoms with Crippen molar-refractivity contribution in [3.05, 3.63) is 106 Å². The van der Waals surface area contributed by atoms with Gasteiger partial charge in [-0.05, 0) is 65.2 Å². The van der Waals surface area contributed by atoms with Gasteiger partial charge >= 0.3 is 6.03 Å². The lowest BCUT2D eigenvalue weighted by Gasteiger charge is -2.28. The molecule has 38 heavy (non-hydrogen) atoms. The lowest BCUT2D eigenvalue weighted by molar-refractivity contribution is -0.111. The van der Waals surface area contributed by atoms with Crippen LogP contribution in [0.3, 0.4) is 0 Å². The number of ether oxygens (including phenoxy) is 2. The van der Waals surface area contributed by atoms with E-state index < -0.39 is 12.1 Å². The first-order valence-electron chi connectivity index (χ1n) is 11.5. The van der Waals surface area contributed by atoms with E-state index in [1.165, 1.54) is 32.4 Å². The summed E-state index contributed by atoms with van der Waals surface area (Å²) in [6, 6.07) is 15.1. The standard InChI is InChI=1S/C29H25ClN2O6/c1-37-25-15-17(4-12-22(25)33)3-11-21-27(24(35)14-6-18-5-13-23(34)26(16-18)38-2)28(32-29(36)31-21)19-7-9-20(30)10-8-19/h3-16,28,33-34H,1-2H3,(H2,31,32,36)/b11-3+,14-6+. The molecular weight excluding hydrogens is 508 g/mol. The molecule has 0 bridgehead atoms. The van der Waals surface area contributed by atoms with Crippen molar-refractivity contribution in [1.82, 2.24) is 10.6 Å². The van der Waals surface area contributed by atoms with Gasteiger partial charge in [-0.15, -0.1) is 0 Å². The van der Waals surface area contributed by atoms with Gasteiger partial charge in [0.05, 0.1) is 26.0 Å². The Kier molecular flexibility index (Phi) is 8.03. The van der Waals surface area contributed by atoms with Crippen molar-refractivity contribution in [3.63, 3.8) is 0 Å². The Bertz CT molecular complexity index is 1460. The Morgan fingerprint density at radius 2 is 1.45 bits per heavy atom. The van der Waals surface area contributed by atoms with Crippen molar-refractivity contribution in [2.45, 2.75) is 6.04 Å². The van der Waals surface area contributed by atoms with Gasteiger partial charge in [-0.1, -0.05) is 48.0 Å². The predicted molar refractivity (Wildman–Crippen MR) is 145 cm³/mol. The van der Waals surface area contributed by atoms with Crippen LogP contribution in [0.25, 0.3) is 12.2 Å². The fourth-order valence-corrected chi connectivity index (χ4v) is 4.06. The van der Waals surface area contributed by atoms with E-state index in [0.29, 0.717) is 33.0 Å². The van der Waals surface area contributed by atoms with E-state index in [-0.39, 0.29) is 28.8 Å². The number of urea groups is 1. The minimum Gasteiger partial charge on any atom is -0.504 e. The van der Waals surface area contributed by atoms with E-state index in [4.69, 9.17) is 21.1 Å². The molecule has 0 aromatic heterocycles. The third kappa shape index (κ3) is 5.99. The number of carbonyl (C=O) groups excluding carboxylic acids is 2. The third-order valence-electron chi connectivity index (χ3n) is 5.85. The maximum atomic E-state index is 13.6. The monoisotopic (exact) mass is 532 g/mol. The summed E-state index contributed by atoms with van der Waals surface area (Å²) in [5, 5.41) is 25.8. The molecular formula is C29H25ClN2O6. The number of hydrogen-bond donors (Lipinski definition) is 4. The summed E-state index contributed by atoms with van der Waals surface area (Å²) in [6.45, 7) is 0. The number of allylic oxidation sites excluding steroid dienone is 2. The van der Waals surface area contributed by atoms with Crippen LogP contribution in [0.5, 0.6) is 23.0 Å². The average Bonchev–Trinajstić information content (AvgIpc) is 2.92. The molecule has 194 valence electrons. The summed E-state index contributed by atoms with van der Waals surface area (Å²) < 4.78 is 10.3. The lowest BCUT2D eigenvalue weighted by atomic mass is 9.91. The molecule has 0 spiro atoms. The van der Waals surface area contributed by atoms with Crippen molar-refractivity contribution >= 4 is 35.6 Å². The summed E-state index contributed by atoms with van der Waals surface area (Å²) >= 11 is 6.06. The highest BCUT2D eigenvalue weighted by Crippen LogP contribution is 2.31. The molecule has 4 rings (SSSR count). The van der Waals surface area contributed by atoms with Gasteiger partial charge in [-0.25, -0.2) is 4.79 Å². The number of halogens is 1. The summed E-state index contributed by atoms with van der Waals surface area (Å²) in [7, 11) is 2.88. The van der Waals surface area contributed by atoms with Crippen molar-refractivity contribution in [2.24, 2.45) is 0 Å². The molecule has 3 aromatic rings. The van der Waals surface area contributed by atoms with Gasteiger partial charge in [-0.2, -0.15) is 0 Å². The number of amides is 2. The quantitative estimate of drug-likeness (QED) is 0.290. The Hall–Kier alpha value is -4.69. The lowest BCUT2D eigenvalue weighted by Crippen LogP contribution is -2.45. The number of aromatic hydroxyl groups is 2. The van der Waals surface area contributed by atoms with Crippen LogP contribution >= 0.6 is 11.6 Å². The van der Waals surface area contributed by atoms with Crippen LogP contribution in [-0.4, -0.2) is 36.2 Å². The van der Waals surface area contributed by atoms with Gasteiger partial charge in [0.1, 0.15) is 0 Å². The molecule has 0 aliphatic carbocycles. The molecule has 1 unspecified atom stereocenters. The second-order valence-electron chi connectivity index (χ2n) is 8.30. The molecule has 0 saturated carbocycles. The number of hydrogen-bond acceptors (Lipinski definition) is 6. The summed E-state index contributed by atoms with van der Waals surface area (Å²) in [4.78, 5) is 26.2. The molecule has 1 aliphatic rings. The fourth-order valence-electron chi connectivity index (χ4n) is 3.93. The van der Waals surface area contributed by atoms with Crippen molar-refractivity contribution in [1.29, 1.82) is 0 Å². The number of phenols is 2. The molecule has 1 heterocycles. The molecule has 8 nitrogen and oxygen atoms in total. The van der Waals surface area contributed by atoms with E-state index in [1.807, 2.05) is 0 Å². The van der Waals surface area contributed by atoms with Gasteiger partial charge in [0.2, 0.25) is 0 Å². The van der Waals surface area contributed by atoms with Gasteiger partial charge < -0.3 is 30.3 Å². The van der Waals surface area contributed by atoms with Crippen molar-refractivity contribution in [3.8, 4) is 23.0 Å². The molecule has 0 radical (unpaired) electrons. The zero-order valence-corrected chi connectivity index (χ0v) is 21.3. The van der Waals surface area contributed by atoms with Crippen LogP contribution in [0.2, 0.25) is 5.02 Å². The highest BCUT2D eigenvalue weighted by molar-refractivity contribution is 6.30. The fraction of sp³-hybridized carbons (Fsp3) is 0.103. The number of ketones is 1. The highest BCUT2D eigenvalue weighted by Gasteiger charge is 2.30. The number of rotatable bonds is 8. The van der Waals surface area contributed by atoms with E-state index in [0.717, 1.165) is 0 Å². The van der Waals surface area contributed by atoms with Crippen LogP contribution in [0.1, 0.15) is 22.7 Å². The van der Waals surface area contributed by atoms with E-state index in [9.17, 15) is 19.8 Å². The summed E-state index contributed by atoms with van der Waals surface area (Å²) in [5.74, 6) is 0.190. The molecule has 3 aromatic carbocycles. The maximum absolute atomic E-state index is 13.6. The van der Waals surface area contributed by atoms with Gasteiger partial charge in [0.15, 0.2) is 28.8 Å². The first kappa shape index (κ1) is 26.4. The third-order valence-corrected chi connectivity index (χ3v) is 6.10. The Morgan fingerprint density at radius 3 is 2.03 bits per heavy atom. The second kappa shape index (κ2) is 11.6. The van der Waals surface area contributed by atoms with Crippen LogP contribution in [-0.2, 0) is 4.79 Å². The number of methoxy groups -OCH3 is 2. The van der Waals surface area contributed by atoms with Gasteiger partial charge in [-0.3, -0.25) is 4.79 Å². The summed E-state index contributed by atoms with van der Waals surface area (Å²) in [5.41, 5.74) is 2.60. The number of nitrogens with one attached hydrogen (secondary N) is 2. The van der Waals surface area contributed by atoms with Gasteiger partial charge in [0.25, 0.3) is 0 Å². The number of phenolic OH excluding ortho intramolecular Hbond substituents is 2. The van der Waals surface area contributed by atoms with Crippen LogP contribution in [0, 0.1) is 0 Å². The average molecular weight is 533 g/mol. The SMILES string of the molecule is COc1cc(/C=C/C(=O)C2=C(/C=C/c3ccc(O)c(OC)c3)NC(=O)NC2c2ccc(Cl)cc2)ccc1O. The number of carbonyl (C=O) groups is 2. The van der Waals surface area contributed by atoms with Crippen molar-refractivity contribution < 1.29 is 29.3 Å². The second-order valence-corrected chi connectivity index (χ2v) is 8.74. The van der Waals surface area contributed by atoms with Crippen LogP contribution < -0.4 is 20.1 Å². The molecule has 0 fully saturated rings. The number of benzene rings is 3. The molecule has 9 heteroatoms. The van der Waals surface area contributed by atoms with E-state index in [1.54, 1.807) is 66.8 Å². The summed E-state index contributed by atoms with van der Waals surface area (Å²) in [6.07, 6.45) is 6.31. The molecule has 4 N–H and O–H groups in total. The molecule has 1 aliphatic heterocycles. The van der Waals surface area contributed by atoms with Crippen molar-refractivity contribution in [2.75, 3.05) is 14.2 Å². The Morgan fingerprint density at radius 1 is 0.868 bits per heavy atom. The first-order chi connectivity index (χ1) is 18.3. The van der Waals surface area contributed by atoms with Crippen LogP contribution in [0.15, 0.2) is 84.1 Å². The van der Waals surface area contributed by atoms with E-state index in [2.05, 4.69) is 10.6 Å². The normalized spacial score (nSPS) is 15.4. The molecule has 0 saturated heterocycles. The maximum Gasteiger partial charge on any atom is 0.320 e. The largest absolute Gasteiger partial charge is 0.504 e. The first-order valence-corrected chi connectivity index (χ1v) is 11.9. The minimum absolute atomic E-state index is 0.00583. The topological polar surface area (TPSA) is 117 Å². The zero-order valence-electron chi connectivity index (χ0n) is 20.6. The molecule has 1 atom stereocenters. The Balaban J connectivity index is 1.77. The van der Waals surface area contributed by atoms with E-state index >= 15 is 0 Å². The Labute approximate surface area is 224 Å². The smallest absolute Gasteiger partial charge is 0.320 e. The van der Waals surface area contributed by atoms with Gasteiger partial charge in [0, 0.05) is 10.6 Å². The zero-order chi connectivity index (χ0) is 27.2. The van der Waals surface area contributed by atoms with Crippen LogP contribution in [0.4, 0.5) is 4.79 Å². The highest BCUT2D eigenvalue weighted by atomic mass is 35.5. The molecule has 2 amide bonds. The predicted octanol–water partition coefficient (Wildman–Crippen LogP) is 5.37. The minimum atomic E-state index is -0.749.